The van der Waals surface area contributed by atoms with Gasteiger partial charge in [0.2, 0.25) is 0 Å². The Morgan fingerprint density at radius 2 is 1.95 bits per heavy atom. The fraction of sp³-hybridized carbons (Fsp3) is 0.667. The second-order valence-electron chi connectivity index (χ2n) is 4.85. The summed E-state index contributed by atoms with van der Waals surface area (Å²) in [6, 6.07) is 2.07. The number of unbranched alkanes of at least 4 members (excludes halogenated alkanes) is 3. The Hall–Kier alpha value is -0.720. The highest BCUT2D eigenvalue weighted by Crippen LogP contribution is 2.12. The van der Waals surface area contributed by atoms with Gasteiger partial charge in [0.05, 0.1) is 0 Å². The van der Waals surface area contributed by atoms with Crippen LogP contribution in [0.4, 0.5) is 0 Å². The summed E-state index contributed by atoms with van der Waals surface area (Å²) in [7, 11) is 1.80. The number of halogens is 1. The number of nitrogens with one attached hydrogen (secondary N) is 2. The molecule has 116 valence electrons. The number of rotatable bonds is 7. The molecule has 0 aliphatic carbocycles. The van der Waals surface area contributed by atoms with E-state index >= 15 is 0 Å². The van der Waals surface area contributed by atoms with E-state index in [0.717, 1.165) is 30.6 Å². The van der Waals surface area contributed by atoms with Crippen LogP contribution in [0.3, 0.4) is 0 Å². The molecule has 0 bridgehead atoms. The van der Waals surface area contributed by atoms with Gasteiger partial charge in [-0.05, 0) is 26.3 Å². The fourth-order valence-corrected chi connectivity index (χ4v) is 2.02. The molecule has 0 aromatic carbocycles. The zero-order chi connectivity index (χ0) is 14.1. The van der Waals surface area contributed by atoms with Gasteiger partial charge in [0.1, 0.15) is 11.5 Å². The number of hydrogen-bond donors (Lipinski definition) is 2. The van der Waals surface area contributed by atoms with Gasteiger partial charge in [0, 0.05) is 25.7 Å². The summed E-state index contributed by atoms with van der Waals surface area (Å²) in [5.41, 5.74) is 1.19. The molecule has 0 aliphatic rings. The Bertz CT molecular complexity index is 402. The number of hydrogen-bond acceptors (Lipinski definition) is 2. The molecule has 1 aromatic rings. The van der Waals surface area contributed by atoms with E-state index < -0.39 is 0 Å². The molecule has 0 saturated heterocycles. The van der Waals surface area contributed by atoms with Crippen molar-refractivity contribution in [3.05, 3.63) is 23.2 Å². The molecule has 0 aliphatic heterocycles. The molecule has 0 atom stereocenters. The van der Waals surface area contributed by atoms with E-state index in [4.69, 9.17) is 4.42 Å². The van der Waals surface area contributed by atoms with Crippen molar-refractivity contribution in [2.45, 2.75) is 53.0 Å². The SMILES string of the molecule is CCCCCCNC(=NC)NCc1cc(C)oc1C.I. The van der Waals surface area contributed by atoms with Crippen molar-refractivity contribution in [2.75, 3.05) is 13.6 Å². The lowest BCUT2D eigenvalue weighted by Gasteiger charge is -2.11. The second-order valence-corrected chi connectivity index (χ2v) is 4.85. The van der Waals surface area contributed by atoms with Crippen molar-refractivity contribution >= 4 is 29.9 Å². The summed E-state index contributed by atoms with van der Waals surface area (Å²) in [6.45, 7) is 7.91. The minimum Gasteiger partial charge on any atom is -0.466 e. The van der Waals surface area contributed by atoms with E-state index in [1.807, 2.05) is 13.8 Å². The minimum absolute atomic E-state index is 0. The Labute approximate surface area is 139 Å². The second kappa shape index (κ2) is 11.0. The number of nitrogens with zero attached hydrogens (tertiary/aromatic N) is 1. The van der Waals surface area contributed by atoms with E-state index in [-0.39, 0.29) is 24.0 Å². The van der Waals surface area contributed by atoms with Gasteiger partial charge in [-0.2, -0.15) is 0 Å². The third-order valence-corrected chi connectivity index (χ3v) is 3.14. The van der Waals surface area contributed by atoms with Gasteiger partial charge in [-0.25, -0.2) is 0 Å². The third-order valence-electron chi connectivity index (χ3n) is 3.14. The summed E-state index contributed by atoms with van der Waals surface area (Å²) < 4.78 is 5.51. The number of guanidine groups is 1. The predicted molar refractivity (Wildman–Crippen MR) is 95.9 cm³/mol. The van der Waals surface area contributed by atoms with Gasteiger partial charge in [-0.1, -0.05) is 26.2 Å². The van der Waals surface area contributed by atoms with E-state index in [2.05, 4.69) is 28.6 Å². The van der Waals surface area contributed by atoms with Crippen LogP contribution in [0.1, 0.15) is 49.7 Å². The molecular weight excluding hydrogens is 365 g/mol. The van der Waals surface area contributed by atoms with Gasteiger partial charge in [0.15, 0.2) is 5.96 Å². The lowest BCUT2D eigenvalue weighted by atomic mass is 10.2. The number of furan rings is 1. The average Bonchev–Trinajstić information content (AvgIpc) is 2.71. The van der Waals surface area contributed by atoms with E-state index in [1.165, 1.54) is 31.2 Å². The van der Waals surface area contributed by atoms with Crippen molar-refractivity contribution in [3.8, 4) is 0 Å². The highest BCUT2D eigenvalue weighted by molar-refractivity contribution is 14.0. The first-order valence-electron chi connectivity index (χ1n) is 7.17. The summed E-state index contributed by atoms with van der Waals surface area (Å²) in [4.78, 5) is 4.22. The Balaban J connectivity index is 0.00000361. The van der Waals surface area contributed by atoms with Gasteiger partial charge in [-0.15, -0.1) is 24.0 Å². The molecule has 0 saturated carbocycles. The Kier molecular flexibility index (Phi) is 10.6. The van der Waals surface area contributed by atoms with Crippen molar-refractivity contribution in [3.63, 3.8) is 0 Å². The number of aliphatic imine (C=N–C) groups is 1. The van der Waals surface area contributed by atoms with E-state index in [0.29, 0.717) is 0 Å². The summed E-state index contributed by atoms with van der Waals surface area (Å²) in [6.07, 6.45) is 5.05. The predicted octanol–water partition coefficient (Wildman–Crippen LogP) is 3.76. The van der Waals surface area contributed by atoms with Crippen LogP contribution in [-0.4, -0.2) is 19.6 Å². The van der Waals surface area contributed by atoms with Crippen molar-refractivity contribution in [2.24, 2.45) is 4.99 Å². The first-order valence-corrected chi connectivity index (χ1v) is 7.17. The van der Waals surface area contributed by atoms with E-state index in [9.17, 15) is 0 Å². The van der Waals surface area contributed by atoms with Gasteiger partial charge >= 0.3 is 0 Å². The van der Waals surface area contributed by atoms with Crippen LogP contribution in [0.15, 0.2) is 15.5 Å². The maximum atomic E-state index is 5.51. The fourth-order valence-electron chi connectivity index (χ4n) is 2.02. The van der Waals surface area contributed by atoms with Crippen LogP contribution < -0.4 is 10.6 Å². The highest BCUT2D eigenvalue weighted by Gasteiger charge is 2.05. The van der Waals surface area contributed by atoms with Gasteiger partial charge < -0.3 is 15.1 Å². The van der Waals surface area contributed by atoms with Crippen molar-refractivity contribution < 1.29 is 4.42 Å². The average molecular weight is 393 g/mol. The molecule has 1 heterocycles. The summed E-state index contributed by atoms with van der Waals surface area (Å²) in [5.74, 6) is 2.79. The Morgan fingerprint density at radius 3 is 2.50 bits per heavy atom. The monoisotopic (exact) mass is 393 g/mol. The van der Waals surface area contributed by atoms with Gasteiger partial charge in [-0.3, -0.25) is 4.99 Å². The molecule has 0 amide bonds. The molecular formula is C15H28IN3O. The normalized spacial score (nSPS) is 11.1. The third kappa shape index (κ3) is 7.17. The molecule has 20 heavy (non-hydrogen) atoms. The first-order chi connectivity index (χ1) is 9.17. The molecule has 2 N–H and O–H groups in total. The van der Waals surface area contributed by atoms with Crippen LogP contribution in [-0.2, 0) is 6.54 Å². The smallest absolute Gasteiger partial charge is 0.191 e. The number of aryl methyl sites for hydroxylation is 2. The largest absolute Gasteiger partial charge is 0.466 e. The van der Waals surface area contributed by atoms with Crippen LogP contribution >= 0.6 is 24.0 Å². The topological polar surface area (TPSA) is 49.6 Å². The van der Waals surface area contributed by atoms with Crippen molar-refractivity contribution in [1.82, 2.24) is 10.6 Å². The molecule has 0 unspecified atom stereocenters. The van der Waals surface area contributed by atoms with Crippen LogP contribution in [0, 0.1) is 13.8 Å². The highest BCUT2D eigenvalue weighted by atomic mass is 127. The zero-order valence-corrected chi connectivity index (χ0v) is 15.4. The first kappa shape index (κ1) is 19.3. The van der Waals surface area contributed by atoms with E-state index in [1.54, 1.807) is 7.05 Å². The molecule has 0 spiro atoms. The molecule has 4 nitrogen and oxygen atoms in total. The van der Waals surface area contributed by atoms with Crippen LogP contribution in [0.5, 0.6) is 0 Å². The maximum absolute atomic E-state index is 5.51. The lowest BCUT2D eigenvalue weighted by molar-refractivity contribution is 0.500. The summed E-state index contributed by atoms with van der Waals surface area (Å²) in [5, 5.41) is 6.64. The lowest BCUT2D eigenvalue weighted by Crippen LogP contribution is -2.37. The van der Waals surface area contributed by atoms with Gasteiger partial charge in [0.25, 0.3) is 0 Å². The van der Waals surface area contributed by atoms with Crippen LogP contribution in [0.2, 0.25) is 0 Å². The van der Waals surface area contributed by atoms with Crippen LogP contribution in [0.25, 0.3) is 0 Å². The minimum atomic E-state index is 0. The standard InChI is InChI=1S/C15H27N3O.HI/c1-5-6-7-8-9-17-15(16-4)18-11-14-10-12(2)19-13(14)3;/h10H,5-9,11H2,1-4H3,(H2,16,17,18);1H. The summed E-state index contributed by atoms with van der Waals surface area (Å²) >= 11 is 0. The zero-order valence-electron chi connectivity index (χ0n) is 13.1. The molecule has 0 radical (unpaired) electrons. The molecule has 1 rings (SSSR count). The maximum Gasteiger partial charge on any atom is 0.191 e. The van der Waals surface area contributed by atoms with Crippen molar-refractivity contribution in [1.29, 1.82) is 0 Å². The molecule has 1 aromatic heterocycles. The molecule has 0 fully saturated rings. The quantitative estimate of drug-likeness (QED) is 0.321. The molecule has 5 heteroatoms. The Morgan fingerprint density at radius 1 is 1.20 bits per heavy atom.